The molecule has 0 amide bonds. The second kappa shape index (κ2) is 7.24. The monoisotopic (exact) mass is 391 g/mol. The van der Waals surface area contributed by atoms with Gasteiger partial charge in [0.1, 0.15) is 0 Å². The number of sulfonamides is 1. The Hall–Kier alpha value is -3.52. The first-order valence-corrected chi connectivity index (χ1v) is 10.0. The summed E-state index contributed by atoms with van der Waals surface area (Å²) in [4.78, 5) is 4.56. The lowest BCUT2D eigenvalue weighted by molar-refractivity contribution is 0.601. The first kappa shape index (κ1) is 17.9. The number of nitrogens with zero attached hydrogens (tertiary/aromatic N) is 3. The summed E-state index contributed by atoms with van der Waals surface area (Å²) in [6, 6.07) is 19.5. The van der Waals surface area contributed by atoms with Crippen molar-refractivity contribution in [2.24, 2.45) is 0 Å². The smallest absolute Gasteiger partial charge is 0.263 e. The molecule has 0 atom stereocenters. The fourth-order valence-corrected chi connectivity index (χ4v) is 3.88. The second-order valence-electron chi connectivity index (χ2n) is 6.23. The van der Waals surface area contributed by atoms with Crippen molar-refractivity contribution in [3.05, 3.63) is 78.5 Å². The Morgan fingerprint density at radius 2 is 1.61 bits per heavy atom. The van der Waals surface area contributed by atoms with Crippen LogP contribution in [0.2, 0.25) is 0 Å². The van der Waals surface area contributed by atoms with E-state index in [1.165, 1.54) is 6.07 Å². The van der Waals surface area contributed by atoms with Crippen LogP contribution in [0.1, 0.15) is 5.56 Å². The molecular formula is C20H17N5O2S. The minimum atomic E-state index is -3.72. The van der Waals surface area contributed by atoms with E-state index < -0.39 is 10.0 Å². The maximum absolute atomic E-state index is 12.5. The number of para-hydroxylation sites is 1. The van der Waals surface area contributed by atoms with Crippen LogP contribution in [0.4, 0.5) is 17.3 Å². The summed E-state index contributed by atoms with van der Waals surface area (Å²) in [5.74, 6) is 0.625. The molecule has 0 spiro atoms. The lowest BCUT2D eigenvalue weighted by Gasteiger charge is -2.10. The van der Waals surface area contributed by atoms with Gasteiger partial charge in [-0.25, -0.2) is 8.42 Å². The van der Waals surface area contributed by atoms with Gasteiger partial charge in [0.15, 0.2) is 11.6 Å². The number of benzene rings is 2. The molecule has 0 radical (unpaired) electrons. The van der Waals surface area contributed by atoms with Gasteiger partial charge in [-0.05, 0) is 48.9 Å². The zero-order chi connectivity index (χ0) is 19.6. The first-order chi connectivity index (χ1) is 13.5. The molecule has 2 aromatic heterocycles. The van der Waals surface area contributed by atoms with E-state index in [9.17, 15) is 8.42 Å². The maximum Gasteiger partial charge on any atom is 0.263 e. The highest BCUT2D eigenvalue weighted by Crippen LogP contribution is 2.24. The third kappa shape index (κ3) is 3.77. The van der Waals surface area contributed by atoms with E-state index >= 15 is 0 Å². The molecule has 28 heavy (non-hydrogen) atoms. The fraction of sp³-hybridized carbons (Fsp3) is 0.0500. The SMILES string of the molecule is Cc1cccc(S(=O)(=O)Nc2ccc(Nc3cccc4cccnc34)nn2)c1. The van der Waals surface area contributed by atoms with Gasteiger partial charge in [-0.2, -0.15) is 0 Å². The van der Waals surface area contributed by atoms with Gasteiger partial charge in [0, 0.05) is 11.6 Å². The molecule has 140 valence electrons. The number of aryl methyl sites for hydroxylation is 1. The Kier molecular flexibility index (Phi) is 4.62. The van der Waals surface area contributed by atoms with Gasteiger partial charge >= 0.3 is 0 Å². The molecule has 8 heteroatoms. The molecule has 0 fully saturated rings. The summed E-state index contributed by atoms with van der Waals surface area (Å²) < 4.78 is 27.4. The van der Waals surface area contributed by atoms with Crippen LogP contribution in [0, 0.1) is 6.92 Å². The molecule has 2 aromatic carbocycles. The van der Waals surface area contributed by atoms with Crippen LogP contribution in [0.15, 0.2) is 77.8 Å². The van der Waals surface area contributed by atoms with Gasteiger partial charge in [-0.3, -0.25) is 9.71 Å². The Labute approximate surface area is 162 Å². The summed E-state index contributed by atoms with van der Waals surface area (Å²) in [6.45, 7) is 1.83. The molecule has 7 nitrogen and oxygen atoms in total. The second-order valence-corrected chi connectivity index (χ2v) is 7.91. The fourth-order valence-electron chi connectivity index (χ4n) is 2.78. The average molecular weight is 391 g/mol. The molecule has 0 unspecified atom stereocenters. The number of hydrogen-bond donors (Lipinski definition) is 2. The molecule has 0 aliphatic heterocycles. The van der Waals surface area contributed by atoms with Crippen molar-refractivity contribution in [2.45, 2.75) is 11.8 Å². The van der Waals surface area contributed by atoms with E-state index in [2.05, 4.69) is 25.2 Å². The standard InChI is InChI=1S/C20H17N5O2S/c1-14-5-2-8-16(13-14)28(26,27)25-19-11-10-18(23-24-19)22-17-9-3-6-15-7-4-12-21-20(15)17/h2-13H,1H3,(H,22,23)(H,24,25). The topological polar surface area (TPSA) is 96.9 Å². The number of aromatic nitrogens is 3. The van der Waals surface area contributed by atoms with Gasteiger partial charge < -0.3 is 5.32 Å². The lowest BCUT2D eigenvalue weighted by Crippen LogP contribution is -2.14. The number of rotatable bonds is 5. The normalized spacial score (nSPS) is 11.3. The molecule has 0 saturated heterocycles. The minimum Gasteiger partial charge on any atom is -0.337 e. The molecule has 0 aliphatic rings. The Morgan fingerprint density at radius 1 is 0.857 bits per heavy atom. The average Bonchev–Trinajstić information content (AvgIpc) is 2.70. The van der Waals surface area contributed by atoms with Gasteiger partial charge in [-0.15, -0.1) is 10.2 Å². The minimum absolute atomic E-state index is 0.142. The predicted octanol–water partition coefficient (Wildman–Crippen LogP) is 3.88. The summed E-state index contributed by atoms with van der Waals surface area (Å²) in [7, 11) is -3.72. The molecule has 4 aromatic rings. The van der Waals surface area contributed by atoms with Crippen molar-refractivity contribution in [1.82, 2.24) is 15.2 Å². The quantitative estimate of drug-likeness (QED) is 0.536. The summed E-state index contributed by atoms with van der Waals surface area (Å²) >= 11 is 0. The highest BCUT2D eigenvalue weighted by Gasteiger charge is 2.15. The number of hydrogen-bond acceptors (Lipinski definition) is 6. The predicted molar refractivity (Wildman–Crippen MR) is 109 cm³/mol. The Balaban J connectivity index is 1.54. The van der Waals surface area contributed by atoms with Crippen molar-refractivity contribution in [3.8, 4) is 0 Å². The first-order valence-electron chi connectivity index (χ1n) is 8.55. The van der Waals surface area contributed by atoms with Gasteiger partial charge in [0.2, 0.25) is 0 Å². The van der Waals surface area contributed by atoms with Crippen LogP contribution in [0.25, 0.3) is 10.9 Å². The van der Waals surface area contributed by atoms with E-state index in [0.717, 1.165) is 22.2 Å². The van der Waals surface area contributed by atoms with E-state index in [4.69, 9.17) is 0 Å². The highest BCUT2D eigenvalue weighted by molar-refractivity contribution is 7.92. The van der Waals surface area contributed by atoms with E-state index in [-0.39, 0.29) is 10.7 Å². The van der Waals surface area contributed by atoms with E-state index in [1.807, 2.05) is 43.3 Å². The molecular weight excluding hydrogens is 374 g/mol. The molecule has 0 bridgehead atoms. The zero-order valence-electron chi connectivity index (χ0n) is 15.0. The largest absolute Gasteiger partial charge is 0.337 e. The van der Waals surface area contributed by atoms with Crippen molar-refractivity contribution in [2.75, 3.05) is 10.0 Å². The number of nitrogens with one attached hydrogen (secondary N) is 2. The highest BCUT2D eigenvalue weighted by atomic mass is 32.2. The van der Waals surface area contributed by atoms with Gasteiger partial charge in [0.25, 0.3) is 10.0 Å². The van der Waals surface area contributed by atoms with Crippen LogP contribution >= 0.6 is 0 Å². The van der Waals surface area contributed by atoms with Gasteiger partial charge in [0.05, 0.1) is 16.1 Å². The van der Waals surface area contributed by atoms with Crippen LogP contribution in [0.3, 0.4) is 0 Å². The summed E-state index contributed by atoms with van der Waals surface area (Å²) in [5, 5.41) is 12.2. The van der Waals surface area contributed by atoms with Crippen LogP contribution < -0.4 is 10.0 Å². The van der Waals surface area contributed by atoms with Crippen LogP contribution in [-0.2, 0) is 10.0 Å². The van der Waals surface area contributed by atoms with Crippen molar-refractivity contribution < 1.29 is 8.42 Å². The van der Waals surface area contributed by atoms with E-state index in [1.54, 1.807) is 30.5 Å². The van der Waals surface area contributed by atoms with Crippen LogP contribution in [0.5, 0.6) is 0 Å². The zero-order valence-corrected chi connectivity index (χ0v) is 15.8. The molecule has 0 saturated carbocycles. The maximum atomic E-state index is 12.5. The Morgan fingerprint density at radius 3 is 2.39 bits per heavy atom. The molecule has 4 rings (SSSR count). The number of anilines is 3. The molecule has 0 aliphatic carbocycles. The summed E-state index contributed by atoms with van der Waals surface area (Å²) in [6.07, 6.45) is 1.72. The van der Waals surface area contributed by atoms with Crippen molar-refractivity contribution in [3.63, 3.8) is 0 Å². The molecule has 2 heterocycles. The van der Waals surface area contributed by atoms with Gasteiger partial charge in [-0.1, -0.05) is 30.3 Å². The molecule has 2 N–H and O–H groups in total. The number of fused-ring (bicyclic) bond motifs is 1. The Bertz CT molecular complexity index is 1240. The van der Waals surface area contributed by atoms with Crippen molar-refractivity contribution >= 4 is 38.2 Å². The van der Waals surface area contributed by atoms with Crippen molar-refractivity contribution in [1.29, 1.82) is 0 Å². The third-order valence-corrected chi connectivity index (χ3v) is 5.45. The third-order valence-electron chi connectivity index (χ3n) is 4.10. The van der Waals surface area contributed by atoms with E-state index in [0.29, 0.717) is 5.82 Å². The van der Waals surface area contributed by atoms with Crippen LogP contribution in [-0.4, -0.2) is 23.6 Å². The summed E-state index contributed by atoms with van der Waals surface area (Å²) in [5.41, 5.74) is 2.47. The lowest BCUT2D eigenvalue weighted by atomic mass is 10.2. The number of pyridine rings is 1.